The average molecular weight is 414 g/mol. The van der Waals surface area contributed by atoms with Crippen molar-refractivity contribution in [2.75, 3.05) is 24.3 Å². The summed E-state index contributed by atoms with van der Waals surface area (Å²) in [5.74, 6) is -0.0400. The summed E-state index contributed by atoms with van der Waals surface area (Å²) >= 11 is 0. The van der Waals surface area contributed by atoms with Crippen molar-refractivity contribution in [1.82, 2.24) is 5.32 Å². The summed E-state index contributed by atoms with van der Waals surface area (Å²) in [7, 11) is -4.30. The van der Waals surface area contributed by atoms with Crippen LogP contribution in [0.25, 0.3) is 0 Å². The number of unbranched alkanes of at least 4 members (excludes halogenated alkanes) is 2. The minimum absolute atomic E-state index is 0. The molecule has 2 N–H and O–H groups in total. The molecule has 0 aliphatic heterocycles. The molecule has 0 fully saturated rings. The Hall–Kier alpha value is -1.58. The molecule has 0 saturated heterocycles. The van der Waals surface area contributed by atoms with Crippen molar-refractivity contribution in [3.05, 3.63) is 60.2 Å². The third kappa shape index (κ3) is 10.1. The Bertz CT molecular complexity index is 814. The molecule has 0 bridgehead atoms. The predicted molar refractivity (Wildman–Crippen MR) is 103 cm³/mol. The third-order valence-corrected chi connectivity index (χ3v) is 4.22. The molecule has 0 aliphatic carbocycles. The monoisotopic (exact) mass is 414 g/mol. The van der Waals surface area contributed by atoms with Gasteiger partial charge in [-0.2, -0.15) is 0 Å². The fraction of sp³-hybridized carbons (Fsp3) is 0.316. The topological polar surface area (TPSA) is 108 Å². The Morgan fingerprint density at radius 1 is 0.964 bits per heavy atom. The van der Waals surface area contributed by atoms with Crippen LogP contribution in [0.15, 0.2) is 54.6 Å². The second-order valence-corrected chi connectivity index (χ2v) is 7.34. The predicted octanol–water partition coefficient (Wildman–Crippen LogP) is -0.416. The molecule has 2 aromatic rings. The van der Waals surface area contributed by atoms with Crippen molar-refractivity contribution in [2.24, 2.45) is 0 Å². The molecule has 1 amide bonds. The van der Waals surface area contributed by atoms with Gasteiger partial charge in [0.15, 0.2) is 0 Å². The molecule has 7 nitrogen and oxygen atoms in total. The van der Waals surface area contributed by atoms with Crippen LogP contribution >= 0.6 is 0 Å². The minimum atomic E-state index is -4.30. The molecule has 0 aliphatic rings. The van der Waals surface area contributed by atoms with Gasteiger partial charge < -0.3 is 19.9 Å². The Morgan fingerprint density at radius 2 is 1.64 bits per heavy atom. The van der Waals surface area contributed by atoms with E-state index in [1.807, 2.05) is 18.2 Å². The van der Waals surface area contributed by atoms with Crippen LogP contribution in [0.3, 0.4) is 0 Å². The zero-order valence-corrected chi connectivity index (χ0v) is 18.7. The quantitative estimate of drug-likeness (QED) is 0.294. The first-order valence-corrected chi connectivity index (χ1v) is 10.3. The summed E-state index contributed by atoms with van der Waals surface area (Å²) in [4.78, 5) is 11.9. The van der Waals surface area contributed by atoms with E-state index in [1.54, 1.807) is 36.4 Å². The molecule has 9 heteroatoms. The van der Waals surface area contributed by atoms with E-state index in [1.165, 1.54) is 0 Å². The number of benzene rings is 2. The van der Waals surface area contributed by atoms with E-state index >= 15 is 0 Å². The number of carbonyl (C=O) groups is 1. The van der Waals surface area contributed by atoms with Gasteiger partial charge in [-0.05, 0) is 55.7 Å². The van der Waals surface area contributed by atoms with Gasteiger partial charge in [0.25, 0.3) is 5.91 Å². The van der Waals surface area contributed by atoms with Gasteiger partial charge in [-0.1, -0.05) is 18.2 Å². The van der Waals surface area contributed by atoms with Crippen LogP contribution in [0, 0.1) is 0 Å². The molecule has 28 heavy (non-hydrogen) atoms. The Morgan fingerprint density at radius 3 is 2.29 bits per heavy atom. The van der Waals surface area contributed by atoms with Gasteiger partial charge in [0.1, 0.15) is 21.7 Å². The van der Waals surface area contributed by atoms with Crippen molar-refractivity contribution >= 4 is 21.7 Å². The second kappa shape index (κ2) is 12.8. The molecule has 2 rings (SSSR count). The number of ether oxygens (including phenoxy) is 1. The maximum Gasteiger partial charge on any atom is 1.00 e. The molecule has 0 heterocycles. The minimum Gasteiger partial charge on any atom is -0.747 e. The fourth-order valence-electron chi connectivity index (χ4n) is 2.33. The summed E-state index contributed by atoms with van der Waals surface area (Å²) in [5.41, 5.74) is 1.20. The number of carbonyl (C=O) groups excluding carboxylic acids is 1. The first-order valence-electron chi connectivity index (χ1n) is 8.67. The first kappa shape index (κ1) is 24.5. The molecule has 0 atom stereocenters. The number of hydrogen-bond donors (Lipinski definition) is 2. The molecule has 0 unspecified atom stereocenters. The first-order chi connectivity index (χ1) is 12.9. The van der Waals surface area contributed by atoms with Gasteiger partial charge in [-0.15, -0.1) is 0 Å². The molecule has 0 spiro atoms. The molecule has 146 valence electrons. The SMILES string of the molecule is O=C(NCCCCCOc1ccc(NCS(=O)(=O)[O-])cc1)c1ccccc1.[Na+]. The molecular weight excluding hydrogens is 391 g/mol. The van der Waals surface area contributed by atoms with E-state index in [9.17, 15) is 17.8 Å². The van der Waals surface area contributed by atoms with Gasteiger partial charge in [0.05, 0.1) is 6.61 Å². The van der Waals surface area contributed by atoms with Crippen molar-refractivity contribution in [2.45, 2.75) is 19.3 Å². The van der Waals surface area contributed by atoms with E-state index in [-0.39, 0.29) is 35.5 Å². The van der Waals surface area contributed by atoms with E-state index in [0.29, 0.717) is 30.2 Å². The average Bonchev–Trinajstić information content (AvgIpc) is 2.66. The van der Waals surface area contributed by atoms with E-state index in [2.05, 4.69) is 10.6 Å². The van der Waals surface area contributed by atoms with E-state index < -0.39 is 16.0 Å². The van der Waals surface area contributed by atoms with Crippen LogP contribution in [0.5, 0.6) is 5.75 Å². The number of anilines is 1. The number of hydrogen-bond acceptors (Lipinski definition) is 6. The Balaban J connectivity index is 0.00000392. The largest absolute Gasteiger partial charge is 1.00 e. The maximum atomic E-state index is 11.9. The van der Waals surface area contributed by atoms with Crippen LogP contribution in [0.1, 0.15) is 29.6 Å². The van der Waals surface area contributed by atoms with Gasteiger partial charge >= 0.3 is 29.6 Å². The van der Waals surface area contributed by atoms with Crippen LogP contribution in [0.2, 0.25) is 0 Å². The Labute approximate surface area is 187 Å². The van der Waals surface area contributed by atoms with Crippen LogP contribution in [-0.4, -0.2) is 37.9 Å². The summed E-state index contributed by atoms with van der Waals surface area (Å²) in [6.07, 6.45) is 2.65. The van der Waals surface area contributed by atoms with Crippen molar-refractivity contribution in [3.63, 3.8) is 0 Å². The van der Waals surface area contributed by atoms with Crippen LogP contribution < -0.4 is 44.9 Å². The molecule has 2 aromatic carbocycles. The van der Waals surface area contributed by atoms with Gasteiger partial charge in [-0.25, -0.2) is 8.42 Å². The molecule has 0 saturated carbocycles. The normalized spacial score (nSPS) is 10.6. The summed E-state index contributed by atoms with van der Waals surface area (Å²) < 4.78 is 37.3. The third-order valence-electron chi connectivity index (χ3n) is 3.72. The molecular formula is C19H23N2NaO5S. The Kier molecular flexibility index (Phi) is 11.2. The van der Waals surface area contributed by atoms with E-state index in [0.717, 1.165) is 19.3 Å². The molecule has 0 aromatic heterocycles. The number of amides is 1. The van der Waals surface area contributed by atoms with Crippen molar-refractivity contribution in [3.8, 4) is 5.75 Å². The van der Waals surface area contributed by atoms with Crippen molar-refractivity contribution in [1.29, 1.82) is 0 Å². The smallest absolute Gasteiger partial charge is 0.747 e. The fourth-order valence-corrected chi connectivity index (χ4v) is 2.67. The summed E-state index contributed by atoms with van der Waals surface area (Å²) in [6, 6.07) is 15.8. The van der Waals surface area contributed by atoms with Gasteiger partial charge in [-0.3, -0.25) is 4.79 Å². The number of nitrogens with one attached hydrogen (secondary N) is 2. The molecule has 0 radical (unpaired) electrons. The number of rotatable bonds is 11. The zero-order chi connectivity index (χ0) is 19.5. The van der Waals surface area contributed by atoms with Crippen LogP contribution in [-0.2, 0) is 10.1 Å². The standard InChI is InChI=1S/C19H24N2O5S.Na/c22-19(16-7-3-1-4-8-16)20-13-5-2-6-14-26-18-11-9-17(10-12-18)21-15-27(23,24)25;/h1,3-4,7-12,21H,2,5-6,13-15H2,(H,20,22)(H,23,24,25);/q;+1/p-1. The maximum absolute atomic E-state index is 11.9. The van der Waals surface area contributed by atoms with Gasteiger partial charge in [0, 0.05) is 17.8 Å². The van der Waals surface area contributed by atoms with Crippen molar-refractivity contribution < 1.29 is 52.1 Å². The van der Waals surface area contributed by atoms with Gasteiger partial charge in [0.2, 0.25) is 0 Å². The summed E-state index contributed by atoms with van der Waals surface area (Å²) in [5, 5.41) is 5.42. The van der Waals surface area contributed by atoms with E-state index in [4.69, 9.17) is 4.74 Å². The second-order valence-electron chi connectivity index (χ2n) is 5.93. The zero-order valence-electron chi connectivity index (χ0n) is 15.9. The summed E-state index contributed by atoms with van der Waals surface area (Å²) in [6.45, 7) is 1.17. The van der Waals surface area contributed by atoms with Crippen LogP contribution in [0.4, 0.5) is 5.69 Å².